The molecule has 0 spiro atoms. The van der Waals surface area contributed by atoms with Crippen LogP contribution in [-0.2, 0) is 19.4 Å². The first-order chi connectivity index (χ1) is 22.6. The Hall–Kier alpha value is -3.84. The minimum absolute atomic E-state index is 0.0469. The molecule has 3 aliphatic rings. The standard InChI is InChI=1S/C34H44FN7O4S/c1-5-33(43)41-15-8-6-7-9-28(41)24-10-11-29(42-19-23(22(42)2)21-47(4,44)45)26-18-37-32(17-25(24)26)38-31-12-14-36-34(39-31)40-16-13-30(46-3)27(35)20-40/h5,10-12,14,17-18,22-23,27-28,30H,1,6-9,13,15-16,19-21H2,2-4H3,(H,36,37,38,39)/t22-,23-,27-,28-,30+/m1/s1. The Morgan fingerprint density at radius 1 is 1.11 bits per heavy atom. The number of alkyl halides is 1. The number of nitrogens with zero attached hydrogens (tertiary/aromatic N) is 6. The molecule has 3 fully saturated rings. The van der Waals surface area contributed by atoms with Crippen LogP contribution in [0.25, 0.3) is 10.8 Å². The minimum Gasteiger partial charge on any atom is -0.378 e. The van der Waals surface area contributed by atoms with Crippen molar-refractivity contribution in [3.05, 3.63) is 54.9 Å². The predicted octanol–water partition coefficient (Wildman–Crippen LogP) is 4.83. The molecule has 3 saturated heterocycles. The van der Waals surface area contributed by atoms with Crippen molar-refractivity contribution < 1.29 is 22.3 Å². The van der Waals surface area contributed by atoms with Gasteiger partial charge in [0.05, 0.1) is 24.4 Å². The summed E-state index contributed by atoms with van der Waals surface area (Å²) in [5.74, 6) is 1.66. The first-order valence-electron chi connectivity index (χ1n) is 16.4. The number of aromatic nitrogens is 3. The maximum atomic E-state index is 14.6. The lowest BCUT2D eigenvalue weighted by Gasteiger charge is -2.48. The number of ether oxygens (including phenoxy) is 1. The van der Waals surface area contributed by atoms with E-state index in [9.17, 15) is 17.6 Å². The van der Waals surface area contributed by atoms with E-state index in [-0.39, 0.29) is 36.2 Å². The highest BCUT2D eigenvalue weighted by atomic mass is 32.2. The Kier molecular flexibility index (Phi) is 9.65. The van der Waals surface area contributed by atoms with Gasteiger partial charge in [-0.3, -0.25) is 4.79 Å². The zero-order valence-electron chi connectivity index (χ0n) is 27.3. The van der Waals surface area contributed by atoms with Gasteiger partial charge in [-0.2, -0.15) is 4.98 Å². The van der Waals surface area contributed by atoms with Crippen molar-refractivity contribution in [1.29, 1.82) is 0 Å². The highest BCUT2D eigenvalue weighted by Crippen LogP contribution is 2.42. The summed E-state index contributed by atoms with van der Waals surface area (Å²) in [6.07, 6.45) is 8.99. The van der Waals surface area contributed by atoms with Crippen LogP contribution in [0.3, 0.4) is 0 Å². The molecule has 47 heavy (non-hydrogen) atoms. The molecular formula is C34H44FN7O4S. The largest absolute Gasteiger partial charge is 0.378 e. The molecule has 6 rings (SSSR count). The molecular weight excluding hydrogens is 621 g/mol. The van der Waals surface area contributed by atoms with E-state index in [1.54, 1.807) is 12.3 Å². The molecule has 2 aromatic heterocycles. The Morgan fingerprint density at radius 2 is 1.94 bits per heavy atom. The molecule has 0 unspecified atom stereocenters. The van der Waals surface area contributed by atoms with Crippen LogP contribution in [0.1, 0.15) is 50.6 Å². The number of methoxy groups -OCH3 is 1. The number of halogens is 1. The highest BCUT2D eigenvalue weighted by molar-refractivity contribution is 7.90. The van der Waals surface area contributed by atoms with Gasteiger partial charge in [0.15, 0.2) is 0 Å². The first kappa shape index (κ1) is 33.1. The van der Waals surface area contributed by atoms with E-state index in [4.69, 9.17) is 9.72 Å². The van der Waals surface area contributed by atoms with E-state index in [1.165, 1.54) is 19.4 Å². The zero-order valence-corrected chi connectivity index (χ0v) is 28.1. The molecule has 0 bridgehead atoms. The number of hydrogen-bond donors (Lipinski definition) is 1. The molecule has 13 heteroatoms. The summed E-state index contributed by atoms with van der Waals surface area (Å²) in [6.45, 7) is 7.87. The maximum absolute atomic E-state index is 14.6. The third kappa shape index (κ3) is 7.06. The molecule has 5 atom stereocenters. The van der Waals surface area contributed by atoms with E-state index >= 15 is 0 Å². The average molecular weight is 666 g/mol. The number of amides is 1. The van der Waals surface area contributed by atoms with Gasteiger partial charge in [0, 0.05) is 68.4 Å². The summed E-state index contributed by atoms with van der Waals surface area (Å²) in [5.41, 5.74) is 2.02. The molecule has 0 aliphatic carbocycles. The van der Waals surface area contributed by atoms with Gasteiger partial charge in [0.1, 0.15) is 27.6 Å². The van der Waals surface area contributed by atoms with Crippen LogP contribution in [-0.4, -0.2) is 97.8 Å². The number of sulfone groups is 1. The Bertz CT molecular complexity index is 1740. The second-order valence-corrected chi connectivity index (χ2v) is 15.2. The van der Waals surface area contributed by atoms with Crippen LogP contribution in [0.2, 0.25) is 0 Å². The molecule has 0 radical (unpaired) electrons. The molecule has 252 valence electrons. The van der Waals surface area contributed by atoms with E-state index in [1.807, 2.05) is 22.1 Å². The van der Waals surface area contributed by atoms with Gasteiger partial charge in [-0.1, -0.05) is 25.5 Å². The average Bonchev–Trinajstić information content (AvgIpc) is 3.31. The molecule has 11 nitrogen and oxygen atoms in total. The summed E-state index contributed by atoms with van der Waals surface area (Å²) in [4.78, 5) is 32.9. The quantitative estimate of drug-likeness (QED) is 0.318. The van der Waals surface area contributed by atoms with E-state index in [2.05, 4.69) is 45.8 Å². The van der Waals surface area contributed by atoms with Crippen LogP contribution in [0.15, 0.2) is 49.3 Å². The fourth-order valence-corrected chi connectivity index (χ4v) is 8.45. The highest BCUT2D eigenvalue weighted by Gasteiger charge is 2.39. The SMILES string of the molecule is C=CC(=O)N1CCCCC[C@@H]1c1ccc(N2C[C@H](CS(C)(=O)=O)[C@H]2C)c2cnc(Nc3ccnc(N4CC[C@H](OC)[C@H](F)C4)n3)cc12. The molecule has 1 N–H and O–H groups in total. The molecule has 1 aromatic carbocycles. The van der Waals surface area contributed by atoms with Crippen molar-refractivity contribution in [1.82, 2.24) is 19.9 Å². The number of anilines is 4. The van der Waals surface area contributed by atoms with Gasteiger partial charge in [0.25, 0.3) is 0 Å². The van der Waals surface area contributed by atoms with Crippen LogP contribution in [0.4, 0.5) is 27.7 Å². The van der Waals surface area contributed by atoms with Gasteiger partial charge in [-0.25, -0.2) is 22.8 Å². The number of nitrogens with one attached hydrogen (secondary N) is 1. The Labute approximate surface area is 276 Å². The number of carbonyl (C=O) groups excluding carboxylic acids is 1. The molecule has 0 saturated carbocycles. The van der Waals surface area contributed by atoms with Crippen LogP contribution >= 0.6 is 0 Å². The number of rotatable bonds is 9. The van der Waals surface area contributed by atoms with Crippen molar-refractivity contribution >= 4 is 49.8 Å². The summed E-state index contributed by atoms with van der Waals surface area (Å²) in [5, 5.41) is 5.23. The molecule has 3 aromatic rings. The second-order valence-electron chi connectivity index (χ2n) is 13.0. The third-order valence-electron chi connectivity index (χ3n) is 9.88. The van der Waals surface area contributed by atoms with Gasteiger partial charge in [-0.05, 0) is 61.4 Å². The Morgan fingerprint density at radius 3 is 2.66 bits per heavy atom. The molecule has 3 aliphatic heterocycles. The topological polar surface area (TPSA) is 121 Å². The number of piperidine rings is 1. The lowest BCUT2D eigenvalue weighted by molar-refractivity contribution is -0.128. The number of hydrogen-bond acceptors (Lipinski definition) is 10. The van der Waals surface area contributed by atoms with Crippen molar-refractivity contribution in [2.45, 2.75) is 63.4 Å². The number of benzene rings is 1. The summed E-state index contributed by atoms with van der Waals surface area (Å²) in [7, 11) is -1.56. The van der Waals surface area contributed by atoms with E-state index in [0.29, 0.717) is 43.6 Å². The van der Waals surface area contributed by atoms with Crippen molar-refractivity contribution in [2.24, 2.45) is 5.92 Å². The number of pyridine rings is 1. The van der Waals surface area contributed by atoms with Crippen LogP contribution < -0.4 is 15.1 Å². The zero-order chi connectivity index (χ0) is 33.3. The van der Waals surface area contributed by atoms with Crippen molar-refractivity contribution in [3.63, 3.8) is 0 Å². The lowest BCUT2D eigenvalue weighted by atomic mass is 9.88. The van der Waals surface area contributed by atoms with Gasteiger partial charge in [-0.15, -0.1) is 0 Å². The minimum atomic E-state index is -3.09. The number of likely N-dealkylation sites (tertiary alicyclic amines) is 1. The fourth-order valence-electron chi connectivity index (χ4n) is 7.29. The third-order valence-corrected chi connectivity index (χ3v) is 10.9. The monoisotopic (exact) mass is 665 g/mol. The first-order valence-corrected chi connectivity index (χ1v) is 18.4. The lowest BCUT2D eigenvalue weighted by Crippen LogP contribution is -2.57. The van der Waals surface area contributed by atoms with Gasteiger partial charge >= 0.3 is 0 Å². The molecule has 1 amide bonds. The van der Waals surface area contributed by atoms with Crippen LogP contribution in [0.5, 0.6) is 0 Å². The second kappa shape index (κ2) is 13.7. The number of fused-ring (bicyclic) bond motifs is 1. The Balaban J connectivity index is 1.35. The number of carbonyl (C=O) groups is 1. The van der Waals surface area contributed by atoms with E-state index in [0.717, 1.165) is 47.7 Å². The van der Waals surface area contributed by atoms with Gasteiger partial charge < -0.3 is 24.8 Å². The maximum Gasteiger partial charge on any atom is 0.246 e. The smallest absolute Gasteiger partial charge is 0.246 e. The summed E-state index contributed by atoms with van der Waals surface area (Å²) in [6, 6.07) is 7.86. The predicted molar refractivity (Wildman–Crippen MR) is 183 cm³/mol. The summed E-state index contributed by atoms with van der Waals surface area (Å²) < 4.78 is 43.9. The van der Waals surface area contributed by atoms with Gasteiger partial charge in [0.2, 0.25) is 11.9 Å². The van der Waals surface area contributed by atoms with E-state index < -0.39 is 22.1 Å². The van der Waals surface area contributed by atoms with Crippen molar-refractivity contribution in [3.8, 4) is 0 Å². The van der Waals surface area contributed by atoms with Crippen LogP contribution in [0, 0.1) is 5.92 Å². The summed E-state index contributed by atoms with van der Waals surface area (Å²) >= 11 is 0. The normalized spacial score (nSPS) is 25.3. The fraction of sp³-hybridized carbons (Fsp3) is 0.529. The van der Waals surface area contributed by atoms with Crippen molar-refractivity contribution in [2.75, 3.05) is 60.4 Å². The molecule has 5 heterocycles.